The molecule has 1 fully saturated rings. The van der Waals surface area contributed by atoms with Gasteiger partial charge in [0.25, 0.3) is 0 Å². The average Bonchev–Trinajstić information content (AvgIpc) is 3.21. The topological polar surface area (TPSA) is 81.4 Å². The van der Waals surface area contributed by atoms with Crippen LogP contribution in [0.25, 0.3) is 0 Å². The van der Waals surface area contributed by atoms with E-state index in [1.54, 1.807) is 18.2 Å². The fourth-order valence-electron chi connectivity index (χ4n) is 2.38. The van der Waals surface area contributed by atoms with Crippen molar-refractivity contribution in [3.8, 4) is 5.75 Å². The van der Waals surface area contributed by atoms with Crippen molar-refractivity contribution in [3.05, 3.63) is 23.8 Å². The van der Waals surface area contributed by atoms with Crippen molar-refractivity contribution in [2.75, 3.05) is 7.11 Å². The number of rotatable bonds is 6. The van der Waals surface area contributed by atoms with Crippen LogP contribution in [0.2, 0.25) is 0 Å². The molecule has 6 heteroatoms. The fourth-order valence-corrected chi connectivity index (χ4v) is 3.90. The molecular weight excluding hydrogens is 276 g/mol. The first-order chi connectivity index (χ1) is 9.30. The molecule has 0 unspecified atom stereocenters. The van der Waals surface area contributed by atoms with E-state index in [2.05, 4.69) is 4.72 Å². The van der Waals surface area contributed by atoms with Crippen molar-refractivity contribution in [1.82, 2.24) is 4.72 Å². The van der Waals surface area contributed by atoms with E-state index in [9.17, 15) is 8.42 Å². The summed E-state index contributed by atoms with van der Waals surface area (Å²) in [4.78, 5) is 0.229. The van der Waals surface area contributed by atoms with E-state index < -0.39 is 15.6 Å². The first kappa shape index (κ1) is 15.3. The molecule has 0 heterocycles. The summed E-state index contributed by atoms with van der Waals surface area (Å²) < 4.78 is 32.9. The van der Waals surface area contributed by atoms with Gasteiger partial charge in [0.1, 0.15) is 5.75 Å². The summed E-state index contributed by atoms with van der Waals surface area (Å²) in [5.74, 6) is 1.03. The number of hydrogen-bond acceptors (Lipinski definition) is 4. The predicted octanol–water partition coefficient (Wildman–Crippen LogP) is 1.62. The van der Waals surface area contributed by atoms with Crippen molar-refractivity contribution >= 4 is 10.0 Å². The van der Waals surface area contributed by atoms with Crippen LogP contribution in [0.15, 0.2) is 23.1 Å². The lowest BCUT2D eigenvalue weighted by atomic mass is 10.0. The molecule has 2 rings (SSSR count). The number of nitrogens with one attached hydrogen (secondary N) is 1. The highest BCUT2D eigenvalue weighted by atomic mass is 32.2. The number of benzene rings is 1. The maximum atomic E-state index is 12.5. The van der Waals surface area contributed by atoms with Crippen LogP contribution < -0.4 is 15.2 Å². The minimum atomic E-state index is -3.54. The maximum Gasteiger partial charge on any atom is 0.241 e. The van der Waals surface area contributed by atoms with E-state index in [0.717, 1.165) is 12.8 Å². The lowest BCUT2D eigenvalue weighted by Gasteiger charge is -2.26. The van der Waals surface area contributed by atoms with E-state index in [1.165, 1.54) is 7.11 Å². The van der Waals surface area contributed by atoms with Gasteiger partial charge >= 0.3 is 0 Å². The molecule has 0 radical (unpaired) electrons. The molecule has 0 atom stereocenters. The SMILES string of the molecule is COc1ccc(S(=O)(=O)NC(C)(C)C2CC2)cc1CN. The molecule has 112 valence electrons. The molecule has 1 aromatic rings. The van der Waals surface area contributed by atoms with Gasteiger partial charge in [0, 0.05) is 17.6 Å². The molecule has 1 aromatic carbocycles. The second-order valence-electron chi connectivity index (χ2n) is 5.78. The quantitative estimate of drug-likeness (QED) is 0.836. The van der Waals surface area contributed by atoms with Crippen LogP contribution >= 0.6 is 0 Å². The second-order valence-corrected chi connectivity index (χ2v) is 7.46. The van der Waals surface area contributed by atoms with Crippen molar-refractivity contribution in [3.63, 3.8) is 0 Å². The molecule has 1 aliphatic carbocycles. The number of nitrogens with two attached hydrogens (primary N) is 1. The lowest BCUT2D eigenvalue weighted by Crippen LogP contribution is -2.45. The van der Waals surface area contributed by atoms with E-state index in [4.69, 9.17) is 10.5 Å². The van der Waals surface area contributed by atoms with Gasteiger partial charge < -0.3 is 10.5 Å². The average molecular weight is 298 g/mol. The van der Waals surface area contributed by atoms with Gasteiger partial charge in [-0.2, -0.15) is 0 Å². The van der Waals surface area contributed by atoms with Gasteiger partial charge in [-0.1, -0.05) is 0 Å². The van der Waals surface area contributed by atoms with Crippen molar-refractivity contribution in [1.29, 1.82) is 0 Å². The van der Waals surface area contributed by atoms with Crippen LogP contribution in [0.1, 0.15) is 32.3 Å². The Balaban J connectivity index is 2.29. The highest BCUT2D eigenvalue weighted by molar-refractivity contribution is 7.89. The second kappa shape index (κ2) is 5.35. The Labute approximate surface area is 120 Å². The Morgan fingerprint density at radius 2 is 2.05 bits per heavy atom. The van der Waals surface area contributed by atoms with Gasteiger partial charge in [0.05, 0.1) is 12.0 Å². The van der Waals surface area contributed by atoms with Gasteiger partial charge in [0.2, 0.25) is 10.0 Å². The monoisotopic (exact) mass is 298 g/mol. The number of methoxy groups -OCH3 is 1. The van der Waals surface area contributed by atoms with Crippen molar-refractivity contribution in [2.45, 2.75) is 43.7 Å². The third-order valence-corrected chi connectivity index (χ3v) is 5.45. The highest BCUT2D eigenvalue weighted by Gasteiger charge is 2.40. The van der Waals surface area contributed by atoms with Crippen LogP contribution in [0.5, 0.6) is 5.75 Å². The zero-order valence-electron chi connectivity index (χ0n) is 12.1. The molecule has 5 nitrogen and oxygen atoms in total. The normalized spacial score (nSPS) is 16.2. The summed E-state index contributed by atoms with van der Waals surface area (Å²) in [5.41, 5.74) is 5.89. The molecule has 0 aromatic heterocycles. The zero-order chi connectivity index (χ0) is 15.0. The Morgan fingerprint density at radius 1 is 1.40 bits per heavy atom. The Hall–Kier alpha value is -1.11. The summed E-state index contributed by atoms with van der Waals surface area (Å²) >= 11 is 0. The van der Waals surface area contributed by atoms with Gasteiger partial charge in [-0.05, 0) is 50.8 Å². The first-order valence-electron chi connectivity index (χ1n) is 6.71. The lowest BCUT2D eigenvalue weighted by molar-refractivity contribution is 0.400. The molecule has 0 spiro atoms. The van der Waals surface area contributed by atoms with Gasteiger partial charge in [-0.25, -0.2) is 13.1 Å². The Morgan fingerprint density at radius 3 is 2.55 bits per heavy atom. The predicted molar refractivity (Wildman–Crippen MR) is 78.0 cm³/mol. The number of sulfonamides is 1. The molecule has 0 amide bonds. The molecular formula is C14H22N2O3S. The zero-order valence-corrected chi connectivity index (χ0v) is 13.0. The molecule has 0 bridgehead atoms. The third-order valence-electron chi connectivity index (χ3n) is 3.78. The van der Waals surface area contributed by atoms with E-state index >= 15 is 0 Å². The Kier molecular flexibility index (Phi) is 4.09. The van der Waals surface area contributed by atoms with Gasteiger partial charge in [-0.15, -0.1) is 0 Å². The molecule has 20 heavy (non-hydrogen) atoms. The van der Waals surface area contributed by atoms with E-state index in [-0.39, 0.29) is 11.4 Å². The third kappa shape index (κ3) is 3.13. The van der Waals surface area contributed by atoms with Gasteiger partial charge in [-0.3, -0.25) is 0 Å². The minimum absolute atomic E-state index is 0.229. The van der Waals surface area contributed by atoms with Crippen molar-refractivity contribution in [2.24, 2.45) is 11.7 Å². The summed E-state index contributed by atoms with van der Waals surface area (Å²) in [5, 5.41) is 0. The fraction of sp³-hybridized carbons (Fsp3) is 0.571. The minimum Gasteiger partial charge on any atom is -0.496 e. The summed E-state index contributed by atoms with van der Waals surface area (Å²) in [6.45, 7) is 4.09. The van der Waals surface area contributed by atoms with Crippen LogP contribution in [-0.2, 0) is 16.6 Å². The van der Waals surface area contributed by atoms with Crippen molar-refractivity contribution < 1.29 is 13.2 Å². The molecule has 1 saturated carbocycles. The number of ether oxygens (including phenoxy) is 1. The first-order valence-corrected chi connectivity index (χ1v) is 8.19. The van der Waals surface area contributed by atoms with Crippen LogP contribution in [0.4, 0.5) is 0 Å². The maximum absolute atomic E-state index is 12.5. The summed E-state index contributed by atoms with van der Waals surface area (Å²) in [6.07, 6.45) is 2.15. The molecule has 1 aliphatic rings. The largest absolute Gasteiger partial charge is 0.496 e. The van der Waals surface area contributed by atoms with E-state index in [1.807, 2.05) is 13.8 Å². The molecule has 0 aliphatic heterocycles. The Bertz CT molecular complexity index is 592. The van der Waals surface area contributed by atoms with Crippen LogP contribution in [-0.4, -0.2) is 21.1 Å². The summed E-state index contributed by atoms with van der Waals surface area (Å²) in [7, 11) is -2.00. The highest BCUT2D eigenvalue weighted by Crippen LogP contribution is 2.40. The number of hydrogen-bond donors (Lipinski definition) is 2. The van der Waals surface area contributed by atoms with Crippen LogP contribution in [0, 0.1) is 5.92 Å². The smallest absolute Gasteiger partial charge is 0.241 e. The molecule has 3 N–H and O–H groups in total. The summed E-state index contributed by atoms with van der Waals surface area (Å²) in [6, 6.07) is 4.76. The van der Waals surface area contributed by atoms with E-state index in [0.29, 0.717) is 17.2 Å². The van der Waals surface area contributed by atoms with Crippen LogP contribution in [0.3, 0.4) is 0 Å². The standard InChI is InChI=1S/C14H22N2O3S/c1-14(2,11-4-5-11)16-20(17,18)12-6-7-13(19-3)10(8-12)9-15/h6-8,11,16H,4-5,9,15H2,1-3H3. The molecule has 0 saturated heterocycles. The van der Waals surface area contributed by atoms with Gasteiger partial charge in [0.15, 0.2) is 0 Å².